The second-order valence-corrected chi connectivity index (χ2v) is 10.3. The van der Waals surface area contributed by atoms with Gasteiger partial charge in [0.15, 0.2) is 10.8 Å². The Balaban J connectivity index is 1.52. The fourth-order valence-electron chi connectivity index (χ4n) is 3.87. The van der Waals surface area contributed by atoms with Gasteiger partial charge in [0.2, 0.25) is 0 Å². The highest BCUT2D eigenvalue weighted by atomic mass is 35.5. The van der Waals surface area contributed by atoms with E-state index in [9.17, 15) is 14.9 Å². The van der Waals surface area contributed by atoms with Crippen LogP contribution >= 0.6 is 23.4 Å². The summed E-state index contributed by atoms with van der Waals surface area (Å²) < 4.78 is 1.76. The number of halogens is 1. The van der Waals surface area contributed by atoms with Crippen LogP contribution in [0.25, 0.3) is 11.0 Å². The molecule has 0 aliphatic carbocycles. The van der Waals surface area contributed by atoms with Gasteiger partial charge < -0.3 is 10.2 Å². The van der Waals surface area contributed by atoms with E-state index in [4.69, 9.17) is 21.6 Å². The second kappa shape index (κ2) is 10.6. The number of carbonyl (C=O) groups excluding carboxylic acids is 1. The summed E-state index contributed by atoms with van der Waals surface area (Å²) in [5.41, 5.74) is 0.603. The average molecular weight is 504 g/mol. The van der Waals surface area contributed by atoms with E-state index < -0.39 is 10.8 Å². The molecule has 1 N–H and O–H groups in total. The number of anilines is 1. The summed E-state index contributed by atoms with van der Waals surface area (Å²) in [6.07, 6.45) is 5.30. The number of nitrogens with zero attached hydrogens (tertiary/aromatic N) is 6. The Morgan fingerprint density at radius 3 is 2.74 bits per heavy atom. The molecule has 180 valence electrons. The van der Waals surface area contributed by atoms with Crippen molar-refractivity contribution in [3.8, 4) is 0 Å². The molecule has 1 aliphatic heterocycles. The molecule has 1 amide bonds. The number of thioether (sulfide) groups is 1. The van der Waals surface area contributed by atoms with Gasteiger partial charge in [0.1, 0.15) is 10.8 Å². The van der Waals surface area contributed by atoms with Gasteiger partial charge in [-0.05, 0) is 31.4 Å². The van der Waals surface area contributed by atoms with Crippen molar-refractivity contribution in [3.63, 3.8) is 0 Å². The lowest BCUT2D eigenvalue weighted by Gasteiger charge is -2.28. The largest absolute Gasteiger partial charge is 0.356 e. The highest BCUT2D eigenvalue weighted by Gasteiger charge is 2.21. The third kappa shape index (κ3) is 5.41. The Morgan fingerprint density at radius 2 is 2.03 bits per heavy atom. The number of rotatable bonds is 8. The highest BCUT2D eigenvalue weighted by molar-refractivity contribution is 7.99. The van der Waals surface area contributed by atoms with Crippen LogP contribution < -0.4 is 10.2 Å². The van der Waals surface area contributed by atoms with Crippen LogP contribution in [0.3, 0.4) is 0 Å². The zero-order chi connectivity index (χ0) is 24.2. The molecule has 3 heterocycles. The average Bonchev–Trinajstić information content (AvgIpc) is 3.21. The fourth-order valence-corrected chi connectivity index (χ4v) is 4.75. The first-order chi connectivity index (χ1) is 16.3. The van der Waals surface area contributed by atoms with Crippen LogP contribution in [-0.2, 0) is 6.54 Å². The van der Waals surface area contributed by atoms with Crippen LogP contribution in [-0.4, -0.2) is 55.5 Å². The number of aromatic nitrogens is 4. The van der Waals surface area contributed by atoms with Gasteiger partial charge in [0.05, 0.1) is 23.1 Å². The van der Waals surface area contributed by atoms with Crippen molar-refractivity contribution in [2.75, 3.05) is 24.5 Å². The van der Waals surface area contributed by atoms with Crippen molar-refractivity contribution in [1.82, 2.24) is 25.1 Å². The molecule has 0 unspecified atom stereocenters. The monoisotopic (exact) mass is 503 g/mol. The standard InChI is InChI=1S/C22H26ClN7O3S/c1-14(2)34-22-26-19(28-9-4-3-5-10-28)16-13-25-29(20(16)27-22)11-8-24-21(31)15-6-7-17(23)18(12-15)30(32)33/h6-7,12-14H,3-5,8-11H2,1-2H3,(H,24,31). The van der Waals surface area contributed by atoms with Gasteiger partial charge in [-0.1, -0.05) is 37.2 Å². The van der Waals surface area contributed by atoms with Crippen LogP contribution in [0, 0.1) is 10.1 Å². The first-order valence-corrected chi connectivity index (χ1v) is 12.5. The topological polar surface area (TPSA) is 119 Å². The van der Waals surface area contributed by atoms with Crippen molar-refractivity contribution in [3.05, 3.63) is 45.1 Å². The molecule has 1 aromatic carbocycles. The van der Waals surface area contributed by atoms with Gasteiger partial charge in [-0.15, -0.1) is 0 Å². The van der Waals surface area contributed by atoms with Crippen LogP contribution in [0.2, 0.25) is 5.02 Å². The third-order valence-electron chi connectivity index (χ3n) is 5.47. The molecule has 1 fully saturated rings. The zero-order valence-corrected chi connectivity index (χ0v) is 20.6. The molecule has 10 nitrogen and oxygen atoms in total. The zero-order valence-electron chi connectivity index (χ0n) is 19.0. The lowest BCUT2D eigenvalue weighted by molar-refractivity contribution is -0.384. The molecule has 12 heteroatoms. The quantitative estimate of drug-likeness (QED) is 0.209. The van der Waals surface area contributed by atoms with E-state index in [2.05, 4.69) is 29.2 Å². The molecule has 3 aromatic rings. The molecule has 34 heavy (non-hydrogen) atoms. The number of amides is 1. The van der Waals surface area contributed by atoms with Gasteiger partial charge in [-0.3, -0.25) is 14.9 Å². The summed E-state index contributed by atoms with van der Waals surface area (Å²) in [6.45, 7) is 6.81. The summed E-state index contributed by atoms with van der Waals surface area (Å²) in [7, 11) is 0. The van der Waals surface area contributed by atoms with E-state index in [1.54, 1.807) is 22.6 Å². The van der Waals surface area contributed by atoms with Crippen LogP contribution in [0.15, 0.2) is 29.6 Å². The predicted octanol–water partition coefficient (Wildman–Crippen LogP) is 4.31. The predicted molar refractivity (Wildman–Crippen MR) is 133 cm³/mol. The Bertz CT molecular complexity index is 1210. The first-order valence-electron chi connectivity index (χ1n) is 11.2. The molecule has 0 spiro atoms. The van der Waals surface area contributed by atoms with Gasteiger partial charge in [-0.2, -0.15) is 5.10 Å². The van der Waals surface area contributed by atoms with Crippen molar-refractivity contribution in [2.45, 2.75) is 50.1 Å². The highest BCUT2D eigenvalue weighted by Crippen LogP contribution is 2.30. The number of piperidine rings is 1. The normalized spacial score (nSPS) is 14.1. The molecule has 0 atom stereocenters. The Morgan fingerprint density at radius 1 is 1.26 bits per heavy atom. The fraction of sp³-hybridized carbons (Fsp3) is 0.455. The third-order valence-corrected chi connectivity index (χ3v) is 6.65. The minimum Gasteiger partial charge on any atom is -0.356 e. The number of benzene rings is 1. The van der Waals surface area contributed by atoms with E-state index in [1.165, 1.54) is 24.6 Å². The molecular weight excluding hydrogens is 478 g/mol. The number of nitro benzene ring substituents is 1. The van der Waals surface area contributed by atoms with E-state index in [0.29, 0.717) is 17.0 Å². The van der Waals surface area contributed by atoms with Gasteiger partial charge in [-0.25, -0.2) is 14.6 Å². The molecule has 0 saturated carbocycles. The molecule has 1 saturated heterocycles. The van der Waals surface area contributed by atoms with E-state index in [1.807, 2.05) is 0 Å². The minimum absolute atomic E-state index is 0.0103. The molecule has 1 aliphatic rings. The molecule has 0 radical (unpaired) electrons. The van der Waals surface area contributed by atoms with E-state index >= 15 is 0 Å². The number of hydrogen-bond acceptors (Lipinski definition) is 8. The Kier molecular flexibility index (Phi) is 7.52. The summed E-state index contributed by atoms with van der Waals surface area (Å²) in [6, 6.07) is 3.98. The van der Waals surface area contributed by atoms with Crippen LogP contribution in [0.5, 0.6) is 0 Å². The van der Waals surface area contributed by atoms with Crippen molar-refractivity contribution < 1.29 is 9.72 Å². The number of carbonyl (C=O) groups is 1. The van der Waals surface area contributed by atoms with Crippen molar-refractivity contribution >= 4 is 51.8 Å². The van der Waals surface area contributed by atoms with Gasteiger partial charge in [0, 0.05) is 36.5 Å². The van der Waals surface area contributed by atoms with Crippen LogP contribution in [0.1, 0.15) is 43.5 Å². The minimum atomic E-state index is -0.610. The van der Waals surface area contributed by atoms with Gasteiger partial charge in [0.25, 0.3) is 11.6 Å². The van der Waals surface area contributed by atoms with E-state index in [0.717, 1.165) is 42.8 Å². The molecule has 2 aromatic heterocycles. The summed E-state index contributed by atoms with van der Waals surface area (Å²) in [5, 5.41) is 20.3. The lowest BCUT2D eigenvalue weighted by Crippen LogP contribution is -2.30. The number of nitrogens with one attached hydrogen (secondary N) is 1. The maximum atomic E-state index is 12.5. The molecule has 4 rings (SSSR count). The van der Waals surface area contributed by atoms with E-state index in [-0.39, 0.29) is 22.8 Å². The van der Waals surface area contributed by atoms with Crippen molar-refractivity contribution in [2.24, 2.45) is 0 Å². The maximum Gasteiger partial charge on any atom is 0.288 e. The second-order valence-electron chi connectivity index (χ2n) is 8.33. The Hall–Kier alpha value is -2.92. The lowest BCUT2D eigenvalue weighted by atomic mass is 10.1. The molecular formula is C22H26ClN7O3S. The Labute approximate surface area is 206 Å². The smallest absolute Gasteiger partial charge is 0.288 e. The van der Waals surface area contributed by atoms with Crippen LogP contribution in [0.4, 0.5) is 11.5 Å². The number of nitro groups is 1. The summed E-state index contributed by atoms with van der Waals surface area (Å²) in [4.78, 5) is 34.9. The summed E-state index contributed by atoms with van der Waals surface area (Å²) in [5.74, 6) is 0.493. The van der Waals surface area contributed by atoms with Gasteiger partial charge >= 0.3 is 0 Å². The first kappa shape index (κ1) is 24.2. The molecule has 0 bridgehead atoms. The SMILES string of the molecule is CC(C)Sc1nc(N2CCCCC2)c2cnn(CCNC(=O)c3ccc(Cl)c([N+](=O)[O-])c3)c2n1. The number of hydrogen-bond donors (Lipinski definition) is 1. The maximum absolute atomic E-state index is 12.5. The van der Waals surface area contributed by atoms with Crippen molar-refractivity contribution in [1.29, 1.82) is 0 Å². The summed E-state index contributed by atoms with van der Waals surface area (Å²) >= 11 is 7.44. The number of fused-ring (bicyclic) bond motifs is 1.